The lowest BCUT2D eigenvalue weighted by Crippen LogP contribution is -2.31. The van der Waals surface area contributed by atoms with Crippen LogP contribution in [0.4, 0.5) is 0 Å². The summed E-state index contributed by atoms with van der Waals surface area (Å²) in [6.45, 7) is 4.99. The molecule has 3 amide bonds. The summed E-state index contributed by atoms with van der Waals surface area (Å²) in [6.07, 6.45) is 16.8. The third kappa shape index (κ3) is 39.9. The molecule has 19 heteroatoms. The normalized spacial score (nSPS) is 12.2. The predicted molar refractivity (Wildman–Crippen MR) is 302 cm³/mol. The second-order valence-corrected chi connectivity index (χ2v) is 17.6. The van der Waals surface area contributed by atoms with Crippen LogP contribution in [0.5, 0.6) is 0 Å². The Morgan fingerprint density at radius 1 is 0.622 bits per heavy atom. The zero-order chi connectivity index (χ0) is 54.2. The van der Waals surface area contributed by atoms with E-state index in [-0.39, 0.29) is 117 Å². The number of ether oxygens (including phenoxy) is 4. The zero-order valence-electron chi connectivity index (χ0n) is 42.5. The highest BCUT2D eigenvalue weighted by Crippen LogP contribution is 2.43. The molecule has 2 atom stereocenters. The number of nitrogens with one attached hydrogen (secondary N) is 3. The number of hydrogen-bond acceptors (Lipinski definition) is 14. The molecule has 18 nitrogen and oxygen atoms in total. The molecule has 1 rings (SSSR count). The third-order valence-corrected chi connectivity index (χ3v) is 11.1. The van der Waals surface area contributed by atoms with E-state index in [1.54, 1.807) is 0 Å². The molecule has 0 aromatic rings. The largest absolute Gasteiger partial charge is 0.472 e. The van der Waals surface area contributed by atoms with Crippen molar-refractivity contribution in [1.29, 1.82) is 0 Å². The molecule has 2 unspecified atom stereocenters. The van der Waals surface area contributed by atoms with Crippen molar-refractivity contribution in [2.24, 2.45) is 5.92 Å². The van der Waals surface area contributed by atoms with Crippen LogP contribution in [-0.4, -0.2) is 118 Å². The molecule has 430 valence electrons. The molecule has 0 bridgehead atoms. The molecular weight excluding hydrogens is 974 g/mol. The van der Waals surface area contributed by atoms with Crippen LogP contribution in [0.2, 0.25) is 0 Å². The van der Waals surface area contributed by atoms with Crippen molar-refractivity contribution in [3.8, 4) is 0 Å². The predicted octanol–water partition coefficient (Wildman–Crippen LogP) is 10.2. The number of carbonyl (C=O) groups excluding carboxylic acids is 7. The summed E-state index contributed by atoms with van der Waals surface area (Å²) in [5.74, 6) is -4.06. The Bertz CT molecular complexity index is 2460. The molecule has 1 aliphatic rings. The monoisotopic (exact) mass is 1070 g/mol. The molecule has 0 saturated heterocycles. The van der Waals surface area contributed by atoms with Crippen molar-refractivity contribution in [2.45, 2.75) is 129 Å². The Morgan fingerprint density at radius 2 is 1.08 bits per heavy atom. The summed E-state index contributed by atoms with van der Waals surface area (Å²) in [4.78, 5) is 94.9. The van der Waals surface area contributed by atoms with Gasteiger partial charge in [0.05, 0.1) is 51.6 Å². The number of allylic oxidation sites excluding steroid dienone is 2. The van der Waals surface area contributed by atoms with Gasteiger partial charge in [-0.05, 0) is 94.6 Å². The smallest absolute Gasteiger partial charge is 0.458 e. The summed E-state index contributed by atoms with van der Waals surface area (Å²) in [5.41, 5.74) is 31.6. The first kappa shape index (κ1) is 65.4. The zero-order valence-corrected chi connectivity index (χ0v) is 43.4. The van der Waals surface area contributed by atoms with E-state index in [2.05, 4.69) is 104 Å². The maximum atomic E-state index is 12.7. The molecule has 0 radical (unpaired) electrons. The molecule has 0 aromatic carbocycles. The van der Waals surface area contributed by atoms with Gasteiger partial charge in [-0.2, -0.15) is 0 Å². The minimum absolute atomic E-state index is 0. The van der Waals surface area contributed by atoms with E-state index < -0.39 is 63.4 Å². The van der Waals surface area contributed by atoms with Crippen molar-refractivity contribution >= 4 is 49.0 Å². The lowest BCUT2D eigenvalue weighted by Gasteiger charge is -2.19. The minimum Gasteiger partial charge on any atom is -0.458 e. The minimum atomic E-state index is -4.75. The Kier molecular flexibility index (Phi) is 39.7. The fourth-order valence-corrected chi connectivity index (χ4v) is 7.07. The molecule has 0 saturated carbocycles. The number of phosphoric ester groups is 1. The van der Waals surface area contributed by atoms with Gasteiger partial charge in [-0.15, -0.1) is 0 Å². The number of carbonyl (C=O) groups is 7. The summed E-state index contributed by atoms with van der Waals surface area (Å²) in [6, 6.07) is 0. The number of unbranched alkanes of at least 4 members (excludes halogenated alkanes) is 12. The number of phosphoric acid groups is 1. The highest BCUT2D eigenvalue weighted by Gasteiger charge is 2.28. The average Bonchev–Trinajstić information content (AvgIpc) is 3.70. The Hall–Kier alpha value is -6.66. The maximum absolute atomic E-state index is 12.7. The van der Waals surface area contributed by atoms with Crippen LogP contribution >= 0.6 is 7.82 Å². The van der Waals surface area contributed by atoms with Gasteiger partial charge < -0.3 is 39.8 Å². The molecule has 0 aromatic heterocycles. The van der Waals surface area contributed by atoms with Crippen LogP contribution < -0.4 is 16.0 Å². The summed E-state index contributed by atoms with van der Waals surface area (Å²) in [7, 11) is -4.75. The lowest BCUT2D eigenvalue weighted by atomic mass is 9.99. The molecule has 0 spiro atoms. The fraction of sp³-hybridized carbons (Fsp3) is 0.564. The van der Waals surface area contributed by atoms with E-state index in [9.17, 15) is 43.0 Å². The highest BCUT2D eigenvalue weighted by molar-refractivity contribution is 7.47. The van der Waals surface area contributed by atoms with E-state index in [0.29, 0.717) is 6.42 Å². The molecule has 1 aliphatic carbocycles. The molecule has 0 aliphatic heterocycles. The number of hydrogen-bond donors (Lipinski definition) is 4. The Balaban J connectivity index is -0.000000281. The topological polar surface area (TPSA) is 248 Å². The first-order valence-electron chi connectivity index (χ1n) is 24.9. The van der Waals surface area contributed by atoms with E-state index >= 15 is 0 Å². The van der Waals surface area contributed by atoms with E-state index in [0.717, 1.165) is 31.8 Å². The van der Waals surface area contributed by atoms with Crippen molar-refractivity contribution in [3.05, 3.63) is 99.3 Å². The van der Waals surface area contributed by atoms with Crippen molar-refractivity contribution in [3.63, 3.8) is 0 Å². The van der Waals surface area contributed by atoms with E-state index in [1.807, 2.05) is 0 Å². The molecule has 4 N–H and O–H groups in total. The van der Waals surface area contributed by atoms with Gasteiger partial charge in [0.15, 0.2) is 17.7 Å². The summed E-state index contributed by atoms with van der Waals surface area (Å²) in [5, 5.41) is 7.74. The first-order valence-corrected chi connectivity index (χ1v) is 26.4. The molecule has 74 heavy (non-hydrogen) atoms. The average molecular weight is 1070 g/mol. The van der Waals surface area contributed by atoms with E-state index in [4.69, 9.17) is 28.0 Å². The standard InChI is InChI=1S/C55H70N3O15P.15H2/c1-3-5-7-9-11-13-15-17-19-21-23-25-27-29-54(64)70-45-47(73-55(65)30-28-26-24-22-20-18-16-14-12-10-8-6-4-2)46-72-74(66,67)71-42-39-58-53(63)36-35-52(62)57-38-41-69-44-43-68-40-37-56-51(61)34-31-48-49(59)32-33-50(48)60;;;;;;;;;;;;;;;/h29,32-33,47-48H,1,4,6,8,10,12,14,16,18,20,22,24,26,28,30-31,34-46H2,2H3,(H,56,61)(H,57,62)(H,58,63)(H,66,67);15*1H. The summed E-state index contributed by atoms with van der Waals surface area (Å²) < 4.78 is 44.0. The number of rotatable bonds is 40. The van der Waals surface area contributed by atoms with Crippen molar-refractivity contribution in [1.82, 2.24) is 16.0 Å². The second kappa shape index (κ2) is 45.0. The molecular formula is C55H100N3O15P. The molecule has 0 heterocycles. The SMILES string of the molecule is C=C=C=C=C=C=C=C=C=C=C=C=C=C=CC(=O)OCC(COP(=O)(O)OCCNC(=O)CCC(=O)NCCOCCOCCNC(=O)CCC1C(=O)C=CC1=O)OC(=O)CCCCCCCCCCCCCCC.[HH].[HH].[HH].[HH].[HH].[HH].[HH].[HH].[HH].[HH].[HH].[HH].[HH].[HH].[HH]. The second-order valence-electron chi connectivity index (χ2n) is 16.2. The Morgan fingerprint density at radius 3 is 1.59 bits per heavy atom. The van der Waals surface area contributed by atoms with Crippen molar-refractivity contribution < 1.29 is 92.4 Å². The van der Waals surface area contributed by atoms with Crippen LogP contribution in [0.25, 0.3) is 0 Å². The quantitative estimate of drug-likeness (QED) is 0.0111. The maximum Gasteiger partial charge on any atom is 0.472 e. The lowest BCUT2D eigenvalue weighted by molar-refractivity contribution is -0.159. The van der Waals surface area contributed by atoms with Crippen LogP contribution in [-0.2, 0) is 66.1 Å². The number of ketones is 2. The van der Waals surface area contributed by atoms with Crippen molar-refractivity contribution in [2.75, 3.05) is 65.9 Å². The fourth-order valence-electron chi connectivity index (χ4n) is 6.32. The highest BCUT2D eigenvalue weighted by atomic mass is 31.2. The van der Waals surface area contributed by atoms with Gasteiger partial charge in [0.1, 0.15) is 6.61 Å². The summed E-state index contributed by atoms with van der Waals surface area (Å²) >= 11 is 0. The van der Waals surface area contributed by atoms with Crippen LogP contribution in [0.1, 0.15) is 144 Å². The van der Waals surface area contributed by atoms with Gasteiger partial charge in [0, 0.05) is 66.7 Å². The third-order valence-electron chi connectivity index (χ3n) is 10.1. The van der Waals surface area contributed by atoms with Gasteiger partial charge in [0.2, 0.25) is 17.7 Å². The van der Waals surface area contributed by atoms with Gasteiger partial charge in [-0.3, -0.25) is 37.8 Å². The van der Waals surface area contributed by atoms with Crippen LogP contribution in [0, 0.1) is 5.92 Å². The van der Waals surface area contributed by atoms with Gasteiger partial charge in [-0.25, -0.2) is 9.36 Å². The van der Waals surface area contributed by atoms with E-state index in [1.165, 1.54) is 63.5 Å². The van der Waals surface area contributed by atoms with Gasteiger partial charge >= 0.3 is 19.8 Å². The number of esters is 2. The van der Waals surface area contributed by atoms with Gasteiger partial charge in [-0.1, -0.05) is 95.4 Å². The van der Waals surface area contributed by atoms with Gasteiger partial charge in [0.25, 0.3) is 0 Å². The first-order chi connectivity index (χ1) is 35.9. The van der Waals surface area contributed by atoms with Crippen LogP contribution in [0.15, 0.2) is 99.3 Å². The molecule has 0 fully saturated rings. The Labute approximate surface area is 456 Å². The van der Waals surface area contributed by atoms with Crippen LogP contribution in [0.3, 0.4) is 0 Å². The number of amides is 3.